The van der Waals surface area contributed by atoms with Crippen molar-refractivity contribution in [3.8, 4) is 0 Å². The maximum Gasteiger partial charge on any atom is 0.263 e. The molecule has 0 unspecified atom stereocenters. The largest absolute Gasteiger partial charge is 0.456 e. The summed E-state index contributed by atoms with van der Waals surface area (Å²) in [5.74, 6) is -0.0256. The minimum Gasteiger partial charge on any atom is -0.456 e. The SMILES string of the molecule is O=C1NC(=S)S/C1=C\c1cc2cncc(C(=O)NCCCc3ccccc3)c2o1. The Morgan fingerprint density at radius 1 is 1.28 bits per heavy atom. The number of furan rings is 1. The normalized spacial score (nSPS) is 15.1. The van der Waals surface area contributed by atoms with Gasteiger partial charge in [0.1, 0.15) is 15.6 Å². The van der Waals surface area contributed by atoms with E-state index in [1.54, 1.807) is 18.3 Å². The third-order valence-corrected chi connectivity index (χ3v) is 5.54. The molecule has 0 saturated carbocycles. The van der Waals surface area contributed by atoms with Crippen molar-refractivity contribution in [1.29, 1.82) is 0 Å². The summed E-state index contributed by atoms with van der Waals surface area (Å²) in [4.78, 5) is 29.0. The van der Waals surface area contributed by atoms with Gasteiger partial charge in [0.15, 0.2) is 5.58 Å². The topological polar surface area (TPSA) is 84.2 Å². The van der Waals surface area contributed by atoms with E-state index in [0.29, 0.717) is 38.1 Å². The van der Waals surface area contributed by atoms with Gasteiger partial charge in [0.2, 0.25) is 0 Å². The van der Waals surface area contributed by atoms with E-state index in [1.165, 1.54) is 23.5 Å². The first kappa shape index (κ1) is 19.4. The van der Waals surface area contributed by atoms with Crippen molar-refractivity contribution in [1.82, 2.24) is 15.6 Å². The van der Waals surface area contributed by atoms with Gasteiger partial charge >= 0.3 is 0 Å². The molecule has 0 spiro atoms. The molecule has 0 aliphatic carbocycles. The lowest BCUT2D eigenvalue weighted by molar-refractivity contribution is -0.115. The van der Waals surface area contributed by atoms with Gasteiger partial charge < -0.3 is 15.1 Å². The van der Waals surface area contributed by atoms with Crippen LogP contribution >= 0.6 is 24.0 Å². The Hall–Kier alpha value is -2.97. The highest BCUT2D eigenvalue weighted by molar-refractivity contribution is 8.26. The second-order valence-corrected chi connectivity index (χ2v) is 8.17. The number of thioether (sulfide) groups is 1. The van der Waals surface area contributed by atoms with E-state index in [4.69, 9.17) is 16.6 Å². The van der Waals surface area contributed by atoms with Crippen LogP contribution in [-0.2, 0) is 11.2 Å². The molecule has 1 aromatic carbocycles. The molecule has 1 aliphatic rings. The van der Waals surface area contributed by atoms with E-state index in [0.717, 1.165) is 12.8 Å². The molecule has 6 nitrogen and oxygen atoms in total. The van der Waals surface area contributed by atoms with Crippen LogP contribution in [0.15, 0.2) is 58.1 Å². The van der Waals surface area contributed by atoms with Crippen molar-refractivity contribution in [2.24, 2.45) is 0 Å². The summed E-state index contributed by atoms with van der Waals surface area (Å²) < 4.78 is 6.24. The predicted molar refractivity (Wildman–Crippen MR) is 117 cm³/mol. The van der Waals surface area contributed by atoms with Crippen LogP contribution in [0.3, 0.4) is 0 Å². The molecule has 29 heavy (non-hydrogen) atoms. The Morgan fingerprint density at radius 3 is 2.86 bits per heavy atom. The summed E-state index contributed by atoms with van der Waals surface area (Å²) in [5, 5.41) is 6.17. The molecular weight excluding hydrogens is 406 g/mol. The Bertz CT molecular complexity index is 1120. The highest BCUT2D eigenvalue weighted by Gasteiger charge is 2.23. The first-order valence-corrected chi connectivity index (χ1v) is 10.3. The van der Waals surface area contributed by atoms with E-state index in [9.17, 15) is 9.59 Å². The predicted octanol–water partition coefficient (Wildman–Crippen LogP) is 3.68. The molecule has 8 heteroatoms. The number of hydrogen-bond acceptors (Lipinski definition) is 6. The lowest BCUT2D eigenvalue weighted by Gasteiger charge is -2.05. The fraction of sp³-hybridized carbons (Fsp3) is 0.143. The number of hydrogen-bond donors (Lipinski definition) is 2. The average Bonchev–Trinajstić information content (AvgIpc) is 3.27. The molecule has 1 aliphatic heterocycles. The Balaban J connectivity index is 1.45. The van der Waals surface area contributed by atoms with Crippen LogP contribution in [0, 0.1) is 0 Å². The smallest absolute Gasteiger partial charge is 0.263 e. The molecule has 146 valence electrons. The van der Waals surface area contributed by atoms with Gasteiger partial charge in [-0.3, -0.25) is 14.6 Å². The maximum atomic E-state index is 12.6. The van der Waals surface area contributed by atoms with Gasteiger partial charge in [-0.15, -0.1) is 0 Å². The van der Waals surface area contributed by atoms with Crippen LogP contribution in [0.5, 0.6) is 0 Å². The first-order valence-electron chi connectivity index (χ1n) is 9.05. The van der Waals surface area contributed by atoms with Crippen molar-refractivity contribution >= 4 is 57.2 Å². The van der Waals surface area contributed by atoms with E-state index < -0.39 is 0 Å². The molecule has 1 fully saturated rings. The number of benzene rings is 1. The number of carbonyl (C=O) groups is 2. The van der Waals surface area contributed by atoms with E-state index in [-0.39, 0.29) is 11.8 Å². The Morgan fingerprint density at radius 2 is 2.10 bits per heavy atom. The Kier molecular flexibility index (Phi) is 5.73. The van der Waals surface area contributed by atoms with Crippen molar-refractivity contribution in [3.63, 3.8) is 0 Å². The van der Waals surface area contributed by atoms with Crippen LogP contribution in [0.4, 0.5) is 0 Å². The van der Waals surface area contributed by atoms with Gasteiger partial charge in [0, 0.05) is 30.4 Å². The van der Waals surface area contributed by atoms with Crippen LogP contribution in [0.2, 0.25) is 0 Å². The summed E-state index contributed by atoms with van der Waals surface area (Å²) in [6.45, 7) is 0.552. The molecule has 2 N–H and O–H groups in total. The molecule has 2 aromatic heterocycles. The summed E-state index contributed by atoms with van der Waals surface area (Å²) in [5.41, 5.74) is 2.05. The van der Waals surface area contributed by atoms with Gasteiger partial charge in [-0.2, -0.15) is 0 Å². The van der Waals surface area contributed by atoms with Crippen LogP contribution in [0.25, 0.3) is 17.0 Å². The molecule has 0 radical (unpaired) electrons. The zero-order chi connectivity index (χ0) is 20.2. The molecule has 3 aromatic rings. The molecule has 3 heterocycles. The van der Waals surface area contributed by atoms with Crippen LogP contribution in [-0.4, -0.2) is 27.7 Å². The van der Waals surface area contributed by atoms with Crippen molar-refractivity contribution < 1.29 is 14.0 Å². The van der Waals surface area contributed by atoms with E-state index >= 15 is 0 Å². The van der Waals surface area contributed by atoms with Gasteiger partial charge in [-0.1, -0.05) is 54.3 Å². The number of aromatic nitrogens is 1. The van der Waals surface area contributed by atoms with Gasteiger partial charge in [-0.25, -0.2) is 0 Å². The Labute approximate surface area is 176 Å². The quantitative estimate of drug-likeness (QED) is 0.357. The summed E-state index contributed by atoms with van der Waals surface area (Å²) in [7, 11) is 0. The van der Waals surface area contributed by atoms with E-state index in [2.05, 4.69) is 27.8 Å². The molecule has 0 bridgehead atoms. The fourth-order valence-corrected chi connectivity index (χ4v) is 4.02. The summed E-state index contributed by atoms with van der Waals surface area (Å²) in [6, 6.07) is 11.9. The minimum absolute atomic E-state index is 0.237. The van der Waals surface area contributed by atoms with Gasteiger partial charge in [0.05, 0.1) is 4.91 Å². The minimum atomic E-state index is -0.255. The standard InChI is InChI=1S/C21H17N3O3S2/c25-19(23-8-4-7-13-5-2-1-3-6-13)16-12-22-11-14-9-15(27-18(14)16)10-17-20(26)24-21(28)29-17/h1-3,5-6,9-12H,4,7-8H2,(H,23,25)(H,24,26,28)/b17-10-. The molecule has 1 saturated heterocycles. The van der Waals surface area contributed by atoms with Gasteiger partial charge in [0.25, 0.3) is 11.8 Å². The zero-order valence-electron chi connectivity index (χ0n) is 15.3. The first-order chi connectivity index (χ1) is 14.1. The third kappa shape index (κ3) is 4.55. The number of pyridine rings is 1. The monoisotopic (exact) mass is 423 g/mol. The van der Waals surface area contributed by atoms with Crippen molar-refractivity contribution in [2.45, 2.75) is 12.8 Å². The number of fused-ring (bicyclic) bond motifs is 1. The number of rotatable bonds is 6. The number of amides is 2. The van der Waals surface area contributed by atoms with Crippen LogP contribution < -0.4 is 10.6 Å². The highest BCUT2D eigenvalue weighted by atomic mass is 32.2. The second kappa shape index (κ2) is 8.59. The highest BCUT2D eigenvalue weighted by Crippen LogP contribution is 2.29. The number of aryl methyl sites for hydroxylation is 1. The number of nitrogens with one attached hydrogen (secondary N) is 2. The van der Waals surface area contributed by atoms with Crippen LogP contribution in [0.1, 0.15) is 28.1 Å². The summed E-state index contributed by atoms with van der Waals surface area (Å²) >= 11 is 6.16. The van der Waals surface area contributed by atoms with Crippen molar-refractivity contribution in [2.75, 3.05) is 6.54 Å². The van der Waals surface area contributed by atoms with E-state index in [1.807, 2.05) is 18.2 Å². The molecule has 0 atom stereocenters. The number of nitrogens with zero attached hydrogens (tertiary/aromatic N) is 1. The number of thiocarbonyl (C=S) groups is 1. The lowest BCUT2D eigenvalue weighted by Crippen LogP contribution is -2.25. The molecular formula is C21H17N3O3S2. The maximum absolute atomic E-state index is 12.6. The lowest BCUT2D eigenvalue weighted by atomic mass is 10.1. The zero-order valence-corrected chi connectivity index (χ0v) is 16.9. The second-order valence-electron chi connectivity index (χ2n) is 6.45. The van der Waals surface area contributed by atoms with Crippen molar-refractivity contribution in [3.05, 3.63) is 70.6 Å². The fourth-order valence-electron chi connectivity index (χ4n) is 3.00. The third-order valence-electron chi connectivity index (χ3n) is 4.37. The summed E-state index contributed by atoms with van der Waals surface area (Å²) in [6.07, 6.45) is 6.45. The van der Waals surface area contributed by atoms with Gasteiger partial charge in [-0.05, 0) is 24.5 Å². The molecule has 4 rings (SSSR count). The number of carbonyl (C=O) groups excluding carboxylic acids is 2. The average molecular weight is 424 g/mol. The molecule has 2 amide bonds.